The lowest BCUT2D eigenvalue weighted by atomic mass is 9.92. The lowest BCUT2D eigenvalue weighted by Gasteiger charge is -2.16. The number of Topliss-reactive ketones (excluding diaryl/α,β-unsaturated/α-hetero) is 1. The lowest BCUT2D eigenvalue weighted by Crippen LogP contribution is -2.45. The van der Waals surface area contributed by atoms with E-state index in [1.54, 1.807) is 0 Å². The molecule has 2 aromatic rings. The van der Waals surface area contributed by atoms with E-state index < -0.39 is 0 Å². The van der Waals surface area contributed by atoms with Crippen LogP contribution in [0.15, 0.2) is 30.3 Å². The van der Waals surface area contributed by atoms with Crippen molar-refractivity contribution in [2.75, 3.05) is 6.54 Å². The van der Waals surface area contributed by atoms with Crippen molar-refractivity contribution in [2.45, 2.75) is 45.3 Å². The molecule has 0 atom stereocenters. The number of rotatable bonds is 6. The molecule has 148 valence electrons. The van der Waals surface area contributed by atoms with Gasteiger partial charge < -0.3 is 9.88 Å². The molecule has 2 heterocycles. The Morgan fingerprint density at radius 2 is 1.93 bits per heavy atom. The summed E-state index contributed by atoms with van der Waals surface area (Å²) in [6, 6.07) is 10.2. The Balaban J connectivity index is 1.57. The van der Waals surface area contributed by atoms with Crippen molar-refractivity contribution in [3.63, 3.8) is 0 Å². The predicted molar refractivity (Wildman–Crippen MR) is 105 cm³/mol. The molecule has 8 heteroatoms. The van der Waals surface area contributed by atoms with Crippen molar-refractivity contribution in [3.8, 4) is 0 Å². The van der Waals surface area contributed by atoms with Crippen molar-refractivity contribution in [2.24, 2.45) is 0 Å². The van der Waals surface area contributed by atoms with Crippen LogP contribution in [-0.4, -0.2) is 29.0 Å². The number of hydrazine groups is 3. The van der Waals surface area contributed by atoms with Crippen molar-refractivity contribution >= 4 is 11.7 Å². The van der Waals surface area contributed by atoms with Crippen LogP contribution in [0.4, 0.5) is 0 Å². The van der Waals surface area contributed by atoms with Crippen molar-refractivity contribution in [1.82, 2.24) is 31.8 Å². The summed E-state index contributed by atoms with van der Waals surface area (Å²) in [7, 11) is 0. The number of ketones is 1. The van der Waals surface area contributed by atoms with Gasteiger partial charge in [-0.2, -0.15) is 11.1 Å². The summed E-state index contributed by atoms with van der Waals surface area (Å²) in [6.45, 7) is 3.17. The average molecular weight is 382 g/mol. The number of hydrogen-bond acceptors (Lipinski definition) is 6. The number of carbonyl (C=O) groups excluding carboxylic acids is 2. The second-order valence-electron chi connectivity index (χ2n) is 7.31. The number of carbonyl (C=O) groups is 2. The second-order valence-corrected chi connectivity index (χ2v) is 7.31. The molecule has 1 amide bonds. The van der Waals surface area contributed by atoms with E-state index >= 15 is 0 Å². The van der Waals surface area contributed by atoms with Crippen molar-refractivity contribution < 1.29 is 9.59 Å². The van der Waals surface area contributed by atoms with Gasteiger partial charge in [0.1, 0.15) is 6.17 Å². The summed E-state index contributed by atoms with van der Waals surface area (Å²) >= 11 is 0. The molecule has 4 rings (SSSR count). The molecule has 0 saturated carbocycles. The number of benzene rings is 1. The molecule has 5 N–H and O–H groups in total. The van der Waals surface area contributed by atoms with Crippen LogP contribution in [-0.2, 0) is 24.2 Å². The molecule has 1 aliphatic heterocycles. The first kappa shape index (κ1) is 18.8. The van der Waals surface area contributed by atoms with Crippen LogP contribution in [0.2, 0.25) is 0 Å². The predicted octanol–water partition coefficient (Wildman–Crippen LogP) is 0.466. The maximum Gasteiger partial charge on any atom is 0.224 e. The van der Waals surface area contributed by atoms with Crippen LogP contribution in [0.1, 0.15) is 45.7 Å². The number of nitrogens with one attached hydrogen (secondary N) is 5. The zero-order valence-electron chi connectivity index (χ0n) is 16.0. The molecule has 1 aliphatic carbocycles. The van der Waals surface area contributed by atoms with Gasteiger partial charge in [-0.05, 0) is 30.9 Å². The third-order valence-corrected chi connectivity index (χ3v) is 5.43. The molecule has 1 saturated heterocycles. The fraction of sp³-hybridized carbons (Fsp3) is 0.400. The number of amides is 1. The molecule has 8 nitrogen and oxygen atoms in total. The minimum absolute atomic E-state index is 0.0864. The fourth-order valence-corrected chi connectivity index (χ4v) is 4.01. The number of fused-ring (bicyclic) bond motifs is 1. The molecule has 0 bridgehead atoms. The maximum atomic E-state index is 12.7. The zero-order chi connectivity index (χ0) is 19.5. The molecular formula is C20H26N6O2. The zero-order valence-corrected chi connectivity index (χ0v) is 16.0. The molecule has 1 fully saturated rings. The monoisotopic (exact) mass is 382 g/mol. The van der Waals surface area contributed by atoms with E-state index in [0.717, 1.165) is 41.9 Å². The minimum atomic E-state index is -0.0942. The summed E-state index contributed by atoms with van der Waals surface area (Å²) in [6.07, 6.45) is 2.43. The lowest BCUT2D eigenvalue weighted by molar-refractivity contribution is -0.120. The highest BCUT2D eigenvalue weighted by molar-refractivity contribution is 6.01. The van der Waals surface area contributed by atoms with Crippen LogP contribution in [0.3, 0.4) is 0 Å². The summed E-state index contributed by atoms with van der Waals surface area (Å²) in [5.41, 5.74) is 16.2. The highest BCUT2D eigenvalue weighted by atomic mass is 16.1. The second kappa shape index (κ2) is 8.24. The first-order valence-corrected chi connectivity index (χ1v) is 9.69. The summed E-state index contributed by atoms with van der Waals surface area (Å²) < 4.78 is 2.22. The molecule has 0 radical (unpaired) electrons. The van der Waals surface area contributed by atoms with Crippen molar-refractivity contribution in [3.05, 3.63) is 58.4 Å². The molecule has 0 spiro atoms. The summed E-state index contributed by atoms with van der Waals surface area (Å²) in [5, 5.41) is 2.92. The van der Waals surface area contributed by atoms with Gasteiger partial charge in [0.25, 0.3) is 0 Å². The number of nitrogens with zero attached hydrogens (tertiary/aromatic N) is 1. The van der Waals surface area contributed by atoms with E-state index in [1.165, 1.54) is 5.56 Å². The van der Waals surface area contributed by atoms with Gasteiger partial charge in [-0.1, -0.05) is 30.3 Å². The average Bonchev–Trinajstić information content (AvgIpc) is 3.31. The normalized spacial score (nSPS) is 17.0. The standard InChI is InChI=1S/C20H26N6O2/c1-13-15(10-19(28)21-11-18-22-24-25-23-18)20-16(8-5-9-17(20)27)26(13)12-14-6-3-2-4-7-14/h2-4,6-7,18,22-25H,5,8-12H2,1H3,(H,21,28). The Hall–Kier alpha value is -2.52. The smallest absolute Gasteiger partial charge is 0.224 e. The Labute approximate surface area is 164 Å². The van der Waals surface area contributed by atoms with Gasteiger partial charge in [-0.3, -0.25) is 9.59 Å². The molecule has 2 aliphatic rings. The van der Waals surface area contributed by atoms with E-state index in [1.807, 2.05) is 25.1 Å². The molecule has 1 aromatic heterocycles. The number of aromatic nitrogens is 1. The van der Waals surface area contributed by atoms with Gasteiger partial charge in [-0.25, -0.2) is 10.9 Å². The molecule has 1 aromatic carbocycles. The van der Waals surface area contributed by atoms with E-state index in [9.17, 15) is 9.59 Å². The molecule has 28 heavy (non-hydrogen) atoms. The van der Waals surface area contributed by atoms with Gasteiger partial charge in [0, 0.05) is 36.5 Å². The largest absolute Gasteiger partial charge is 0.353 e. The van der Waals surface area contributed by atoms with Gasteiger partial charge in [0.05, 0.1) is 6.42 Å². The Bertz CT molecular complexity index is 871. The Morgan fingerprint density at radius 1 is 1.18 bits per heavy atom. The third-order valence-electron chi connectivity index (χ3n) is 5.43. The highest BCUT2D eigenvalue weighted by Gasteiger charge is 2.29. The van der Waals surface area contributed by atoms with Crippen LogP contribution < -0.4 is 27.2 Å². The van der Waals surface area contributed by atoms with Gasteiger partial charge in [0.2, 0.25) is 5.91 Å². The summed E-state index contributed by atoms with van der Waals surface area (Å²) in [4.78, 5) is 25.2. The van der Waals surface area contributed by atoms with E-state index in [0.29, 0.717) is 13.0 Å². The van der Waals surface area contributed by atoms with Crippen LogP contribution >= 0.6 is 0 Å². The Morgan fingerprint density at radius 3 is 2.68 bits per heavy atom. The van der Waals surface area contributed by atoms with Crippen LogP contribution in [0, 0.1) is 6.92 Å². The SMILES string of the molecule is Cc1c(CC(=O)NCC2NNNN2)c2c(n1Cc1ccccc1)CCCC2=O. The molecular weight excluding hydrogens is 356 g/mol. The Kier molecular flexibility index (Phi) is 5.54. The van der Waals surface area contributed by atoms with Gasteiger partial charge >= 0.3 is 0 Å². The summed E-state index contributed by atoms with van der Waals surface area (Å²) in [5.74, 6) is 0.0723. The highest BCUT2D eigenvalue weighted by Crippen LogP contribution is 2.31. The van der Waals surface area contributed by atoms with Crippen LogP contribution in [0.25, 0.3) is 0 Å². The minimum Gasteiger partial charge on any atom is -0.353 e. The third kappa shape index (κ3) is 3.85. The van der Waals surface area contributed by atoms with E-state index in [-0.39, 0.29) is 24.3 Å². The first-order chi connectivity index (χ1) is 13.6. The number of hydrogen-bond donors (Lipinski definition) is 5. The van der Waals surface area contributed by atoms with Crippen LogP contribution in [0.5, 0.6) is 0 Å². The quantitative estimate of drug-likeness (QED) is 0.498. The maximum absolute atomic E-state index is 12.7. The fourth-order valence-electron chi connectivity index (χ4n) is 4.01. The van der Waals surface area contributed by atoms with Gasteiger partial charge in [-0.15, -0.1) is 0 Å². The molecule has 0 unspecified atom stereocenters. The topological polar surface area (TPSA) is 99.2 Å². The van der Waals surface area contributed by atoms with E-state index in [2.05, 4.69) is 43.9 Å². The van der Waals surface area contributed by atoms with E-state index in [4.69, 9.17) is 0 Å². The first-order valence-electron chi connectivity index (χ1n) is 9.69. The van der Waals surface area contributed by atoms with Crippen molar-refractivity contribution in [1.29, 1.82) is 0 Å². The van der Waals surface area contributed by atoms with Gasteiger partial charge in [0.15, 0.2) is 5.78 Å².